The van der Waals surface area contributed by atoms with Crippen molar-refractivity contribution in [1.82, 2.24) is 9.80 Å². The molecule has 1 aromatic carbocycles. The molecule has 11 heteroatoms. The van der Waals surface area contributed by atoms with Crippen molar-refractivity contribution in [2.75, 3.05) is 21.3 Å². The molecule has 0 aromatic heterocycles. The Kier molecular flexibility index (Phi) is 6.42. The van der Waals surface area contributed by atoms with Crippen LogP contribution in [0.3, 0.4) is 0 Å². The van der Waals surface area contributed by atoms with E-state index < -0.39 is 45.2 Å². The molecule has 1 aromatic rings. The van der Waals surface area contributed by atoms with Crippen LogP contribution in [0.15, 0.2) is 23.8 Å². The van der Waals surface area contributed by atoms with Gasteiger partial charge in [-0.1, -0.05) is 30.9 Å². The Balaban J connectivity index is 1.55. The van der Waals surface area contributed by atoms with Gasteiger partial charge in [-0.25, -0.2) is 0 Å². The zero-order valence-corrected chi connectivity index (χ0v) is 24.1. The van der Waals surface area contributed by atoms with E-state index in [4.69, 9.17) is 32.7 Å². The molecule has 9 nitrogen and oxygen atoms in total. The van der Waals surface area contributed by atoms with Crippen LogP contribution in [-0.2, 0) is 19.2 Å². The maximum absolute atomic E-state index is 14.1. The standard InChI is InChI=1S/C29H32Cl2N2O7/c1-32-26(37)28(30)13-18-16(9-10-17-21(18)25(36)33(24(17)35)14-7-5-4-6-8-14)23(29(28,31)27(32)38)22-19(39-2)11-15(34)12-20(22)40-3/h9,11-12,14,17-18,21,23,34H,4-8,10,13H2,1-3H3. The van der Waals surface area contributed by atoms with Crippen molar-refractivity contribution in [1.29, 1.82) is 0 Å². The number of likely N-dealkylation sites (tertiary alicyclic amines) is 2. The number of carbonyl (C=O) groups excluding carboxylic acids is 4. The van der Waals surface area contributed by atoms with E-state index in [-0.39, 0.29) is 41.5 Å². The minimum Gasteiger partial charge on any atom is -0.508 e. The number of amides is 4. The summed E-state index contributed by atoms with van der Waals surface area (Å²) in [5, 5.41) is 10.3. The van der Waals surface area contributed by atoms with Crippen LogP contribution >= 0.6 is 23.2 Å². The Hall–Kier alpha value is -2.78. The van der Waals surface area contributed by atoms with Crippen LogP contribution in [0.5, 0.6) is 17.2 Å². The molecule has 40 heavy (non-hydrogen) atoms. The number of aromatic hydroxyl groups is 1. The van der Waals surface area contributed by atoms with Gasteiger partial charge in [0.05, 0.1) is 26.1 Å². The predicted octanol–water partition coefficient (Wildman–Crippen LogP) is 3.73. The van der Waals surface area contributed by atoms with Gasteiger partial charge in [-0.05, 0) is 31.6 Å². The zero-order valence-electron chi connectivity index (χ0n) is 22.6. The number of ether oxygens (including phenoxy) is 2. The number of phenolic OH excluding ortho intramolecular Hbond substituents is 1. The van der Waals surface area contributed by atoms with Crippen LogP contribution in [0.1, 0.15) is 56.4 Å². The Morgan fingerprint density at radius 2 is 1.55 bits per heavy atom. The molecule has 6 rings (SSSR count). The quantitative estimate of drug-likeness (QED) is 0.323. The highest BCUT2D eigenvalue weighted by Crippen LogP contribution is 2.67. The number of rotatable bonds is 4. The molecule has 4 fully saturated rings. The van der Waals surface area contributed by atoms with Crippen LogP contribution in [0, 0.1) is 17.8 Å². The fourth-order valence-corrected chi connectivity index (χ4v) is 9.00. The highest BCUT2D eigenvalue weighted by Gasteiger charge is 2.76. The zero-order chi connectivity index (χ0) is 28.7. The number of imide groups is 2. The molecule has 6 atom stereocenters. The van der Waals surface area contributed by atoms with Crippen molar-refractivity contribution in [2.45, 2.75) is 66.7 Å². The van der Waals surface area contributed by atoms with Crippen molar-refractivity contribution in [3.63, 3.8) is 0 Å². The lowest BCUT2D eigenvalue weighted by molar-refractivity contribution is -0.144. The first-order valence-corrected chi connectivity index (χ1v) is 14.5. The van der Waals surface area contributed by atoms with Gasteiger partial charge in [0.2, 0.25) is 11.8 Å². The second-order valence-electron chi connectivity index (χ2n) is 11.6. The summed E-state index contributed by atoms with van der Waals surface area (Å²) in [6.07, 6.45) is 6.70. The Morgan fingerprint density at radius 3 is 2.15 bits per heavy atom. The van der Waals surface area contributed by atoms with E-state index in [9.17, 15) is 24.3 Å². The molecule has 3 aliphatic carbocycles. The fraction of sp³-hybridized carbons (Fsp3) is 0.586. The molecule has 0 bridgehead atoms. The maximum Gasteiger partial charge on any atom is 0.253 e. The van der Waals surface area contributed by atoms with Gasteiger partial charge in [0.25, 0.3) is 11.8 Å². The predicted molar refractivity (Wildman–Crippen MR) is 145 cm³/mol. The van der Waals surface area contributed by atoms with Gasteiger partial charge in [0.15, 0.2) is 9.75 Å². The van der Waals surface area contributed by atoms with Crippen LogP contribution in [-0.4, -0.2) is 75.6 Å². The minimum atomic E-state index is -1.97. The average Bonchev–Trinajstić information content (AvgIpc) is 3.28. The highest BCUT2D eigenvalue weighted by atomic mass is 35.5. The number of hydrogen-bond donors (Lipinski definition) is 1. The monoisotopic (exact) mass is 590 g/mol. The van der Waals surface area contributed by atoms with E-state index >= 15 is 0 Å². The number of fused-ring (bicyclic) bond motifs is 4. The van der Waals surface area contributed by atoms with Gasteiger partial charge in [0.1, 0.15) is 17.2 Å². The third kappa shape index (κ3) is 3.39. The van der Waals surface area contributed by atoms with Gasteiger partial charge < -0.3 is 14.6 Å². The molecule has 6 unspecified atom stereocenters. The van der Waals surface area contributed by atoms with E-state index in [2.05, 4.69) is 0 Å². The molecule has 0 radical (unpaired) electrons. The molecule has 2 saturated carbocycles. The van der Waals surface area contributed by atoms with Gasteiger partial charge in [0, 0.05) is 36.7 Å². The third-order valence-corrected chi connectivity index (χ3v) is 11.2. The summed E-state index contributed by atoms with van der Waals surface area (Å²) in [7, 11) is 4.16. The molecular weight excluding hydrogens is 559 g/mol. The number of hydrogen-bond acceptors (Lipinski definition) is 7. The maximum atomic E-state index is 14.1. The molecule has 4 amide bonds. The SMILES string of the molecule is COc1cc(O)cc(OC)c1C1C2=CCC3C(=O)N(C4CCCCC4)C(=O)C3C2CC2(Cl)C(=O)N(C)C(=O)C12Cl. The molecule has 0 spiro atoms. The summed E-state index contributed by atoms with van der Waals surface area (Å²) in [6, 6.07) is 2.63. The van der Waals surface area contributed by atoms with Crippen molar-refractivity contribution >= 4 is 46.8 Å². The number of methoxy groups -OCH3 is 2. The molecule has 5 aliphatic rings. The minimum absolute atomic E-state index is 0.0727. The van der Waals surface area contributed by atoms with E-state index in [0.29, 0.717) is 17.6 Å². The Bertz CT molecular complexity index is 1330. The summed E-state index contributed by atoms with van der Waals surface area (Å²) in [5.41, 5.74) is 0.993. The summed E-state index contributed by atoms with van der Waals surface area (Å²) < 4.78 is 11.3. The number of benzene rings is 1. The van der Waals surface area contributed by atoms with Crippen LogP contribution < -0.4 is 9.47 Å². The summed E-state index contributed by atoms with van der Waals surface area (Å²) in [4.78, 5) is 53.8. The summed E-state index contributed by atoms with van der Waals surface area (Å²) in [6.45, 7) is 0. The average molecular weight is 591 g/mol. The van der Waals surface area contributed by atoms with E-state index in [1.54, 1.807) is 0 Å². The number of alkyl halides is 2. The number of nitrogens with zero attached hydrogens (tertiary/aromatic N) is 2. The lowest BCUT2D eigenvalue weighted by Crippen LogP contribution is -2.60. The van der Waals surface area contributed by atoms with Crippen LogP contribution in [0.2, 0.25) is 0 Å². The van der Waals surface area contributed by atoms with Crippen molar-refractivity contribution in [3.05, 3.63) is 29.3 Å². The Labute approximate surface area is 242 Å². The lowest BCUT2D eigenvalue weighted by atomic mass is 9.56. The van der Waals surface area contributed by atoms with Crippen LogP contribution in [0.25, 0.3) is 0 Å². The second-order valence-corrected chi connectivity index (χ2v) is 12.8. The largest absolute Gasteiger partial charge is 0.508 e. The normalized spacial score (nSPS) is 35.9. The lowest BCUT2D eigenvalue weighted by Gasteiger charge is -2.51. The number of allylic oxidation sites excluding steroid dienone is 2. The van der Waals surface area contributed by atoms with E-state index in [1.807, 2.05) is 6.08 Å². The smallest absolute Gasteiger partial charge is 0.253 e. The first-order chi connectivity index (χ1) is 19.0. The fourth-order valence-electron chi connectivity index (χ4n) is 7.99. The number of phenols is 1. The second kappa shape index (κ2) is 9.38. The van der Waals surface area contributed by atoms with E-state index in [0.717, 1.165) is 37.0 Å². The first kappa shape index (κ1) is 27.4. The molecular formula is C29H32Cl2N2O7. The van der Waals surface area contributed by atoms with Gasteiger partial charge in [-0.3, -0.25) is 29.0 Å². The molecule has 2 aliphatic heterocycles. The highest BCUT2D eigenvalue weighted by molar-refractivity contribution is 6.53. The summed E-state index contributed by atoms with van der Waals surface area (Å²) >= 11 is 14.5. The number of halogens is 2. The molecule has 214 valence electrons. The van der Waals surface area contributed by atoms with Gasteiger partial charge in [-0.15, -0.1) is 23.2 Å². The first-order valence-electron chi connectivity index (χ1n) is 13.7. The third-order valence-electron chi connectivity index (χ3n) is 9.81. The van der Waals surface area contributed by atoms with Gasteiger partial charge >= 0.3 is 0 Å². The number of carbonyl (C=O) groups is 4. The van der Waals surface area contributed by atoms with Crippen molar-refractivity contribution in [3.8, 4) is 17.2 Å². The summed E-state index contributed by atoms with van der Waals surface area (Å²) in [5.74, 6) is -4.44. The Morgan fingerprint density at radius 1 is 0.925 bits per heavy atom. The molecule has 2 heterocycles. The van der Waals surface area contributed by atoms with E-state index in [1.165, 1.54) is 38.3 Å². The topological polar surface area (TPSA) is 113 Å². The van der Waals surface area contributed by atoms with Crippen molar-refractivity contribution in [2.24, 2.45) is 17.8 Å². The van der Waals surface area contributed by atoms with Gasteiger partial charge in [-0.2, -0.15) is 0 Å². The molecule has 2 saturated heterocycles. The van der Waals surface area contributed by atoms with Crippen LogP contribution in [0.4, 0.5) is 0 Å². The molecule has 1 N–H and O–H groups in total. The van der Waals surface area contributed by atoms with Crippen molar-refractivity contribution < 1.29 is 33.8 Å².